The number of methoxy groups -OCH3 is 1. The minimum atomic E-state index is -0.835. The van der Waals surface area contributed by atoms with Gasteiger partial charge in [-0.2, -0.15) is 0 Å². The zero-order valence-electron chi connectivity index (χ0n) is 13.4. The van der Waals surface area contributed by atoms with Crippen LogP contribution in [0.25, 0.3) is 0 Å². The van der Waals surface area contributed by atoms with Gasteiger partial charge in [0.25, 0.3) is 0 Å². The van der Waals surface area contributed by atoms with E-state index >= 15 is 0 Å². The van der Waals surface area contributed by atoms with Gasteiger partial charge in [0.15, 0.2) is 0 Å². The molecule has 0 unspecified atom stereocenters. The largest absolute Gasteiger partial charge is 0.481 e. The van der Waals surface area contributed by atoms with Crippen LogP contribution in [0.5, 0.6) is 0 Å². The summed E-state index contributed by atoms with van der Waals surface area (Å²) in [5.41, 5.74) is -0.531. The number of carbonyl (C=O) groups excluding carboxylic acids is 1. The summed E-state index contributed by atoms with van der Waals surface area (Å²) in [7, 11) is 5.13. The number of hydrogen-bond donors (Lipinski definition) is 1. The van der Waals surface area contributed by atoms with E-state index in [0.29, 0.717) is 13.2 Å². The van der Waals surface area contributed by atoms with Crippen LogP contribution >= 0.6 is 0 Å². The quantitative estimate of drug-likeness (QED) is 0.732. The van der Waals surface area contributed by atoms with Gasteiger partial charge >= 0.3 is 12.0 Å². The molecule has 1 N–H and O–H groups in total. The Bertz CT molecular complexity index is 354. The molecule has 1 aliphatic carbocycles. The molecule has 0 radical (unpaired) electrons. The minimum absolute atomic E-state index is 0.0289. The molecule has 0 bridgehead atoms. The predicted molar refractivity (Wildman–Crippen MR) is 80.4 cm³/mol. The minimum Gasteiger partial charge on any atom is -0.481 e. The molecular formula is C15H28N2O4. The first-order valence-corrected chi connectivity index (χ1v) is 7.62. The van der Waals surface area contributed by atoms with Gasteiger partial charge in [0.05, 0.1) is 12.0 Å². The van der Waals surface area contributed by atoms with E-state index < -0.39 is 11.5 Å². The lowest BCUT2D eigenvalue weighted by Gasteiger charge is -2.45. The second kappa shape index (κ2) is 8.22. The molecule has 122 valence electrons. The number of rotatable bonds is 7. The van der Waals surface area contributed by atoms with Crippen LogP contribution in [-0.4, -0.2) is 66.8 Å². The zero-order chi connectivity index (χ0) is 15.9. The molecule has 0 aromatic rings. The SMILES string of the molecule is COCCCN(C)C(=O)N(C)C1(CC(=O)O)CCCCC1. The van der Waals surface area contributed by atoms with Crippen LogP contribution in [0.15, 0.2) is 0 Å². The fourth-order valence-electron chi connectivity index (χ4n) is 3.12. The van der Waals surface area contributed by atoms with Gasteiger partial charge in [-0.25, -0.2) is 4.79 Å². The molecular weight excluding hydrogens is 272 g/mol. The Morgan fingerprint density at radius 3 is 2.33 bits per heavy atom. The Hall–Kier alpha value is -1.30. The van der Waals surface area contributed by atoms with Gasteiger partial charge in [0.1, 0.15) is 0 Å². The van der Waals surface area contributed by atoms with E-state index in [4.69, 9.17) is 4.74 Å². The second-order valence-electron chi connectivity index (χ2n) is 5.97. The van der Waals surface area contributed by atoms with Crippen molar-refractivity contribution in [3.8, 4) is 0 Å². The van der Waals surface area contributed by atoms with Crippen LogP contribution in [0.2, 0.25) is 0 Å². The van der Waals surface area contributed by atoms with E-state index in [2.05, 4.69) is 0 Å². The number of nitrogens with zero attached hydrogens (tertiary/aromatic N) is 2. The summed E-state index contributed by atoms with van der Waals surface area (Å²) >= 11 is 0. The van der Waals surface area contributed by atoms with Crippen molar-refractivity contribution in [2.24, 2.45) is 0 Å². The molecule has 0 atom stereocenters. The summed E-state index contributed by atoms with van der Waals surface area (Å²) in [4.78, 5) is 27.1. The second-order valence-corrected chi connectivity index (χ2v) is 5.97. The van der Waals surface area contributed by atoms with Crippen molar-refractivity contribution in [1.29, 1.82) is 0 Å². The fourth-order valence-corrected chi connectivity index (χ4v) is 3.12. The molecule has 0 aliphatic heterocycles. The summed E-state index contributed by atoms with van der Waals surface area (Å²) < 4.78 is 4.99. The summed E-state index contributed by atoms with van der Waals surface area (Å²) in [6.45, 7) is 1.22. The van der Waals surface area contributed by atoms with Gasteiger partial charge < -0.3 is 19.6 Å². The van der Waals surface area contributed by atoms with Gasteiger partial charge in [0, 0.05) is 34.4 Å². The fraction of sp³-hybridized carbons (Fsp3) is 0.867. The number of urea groups is 1. The first-order valence-electron chi connectivity index (χ1n) is 7.62. The number of aliphatic carboxylic acids is 1. The Morgan fingerprint density at radius 1 is 1.19 bits per heavy atom. The van der Waals surface area contributed by atoms with Crippen molar-refractivity contribution in [2.45, 2.75) is 50.5 Å². The first kappa shape index (κ1) is 17.8. The van der Waals surface area contributed by atoms with Gasteiger partial charge in [-0.15, -0.1) is 0 Å². The van der Waals surface area contributed by atoms with Crippen LogP contribution in [0.3, 0.4) is 0 Å². The molecule has 1 saturated carbocycles. The number of carboxylic acids is 1. The molecule has 1 aliphatic rings. The van der Waals surface area contributed by atoms with E-state index in [1.165, 1.54) is 0 Å². The van der Waals surface area contributed by atoms with E-state index in [9.17, 15) is 14.7 Å². The smallest absolute Gasteiger partial charge is 0.319 e. The third-order valence-corrected chi connectivity index (χ3v) is 4.43. The lowest BCUT2D eigenvalue weighted by molar-refractivity contribution is -0.140. The summed E-state index contributed by atoms with van der Waals surface area (Å²) in [6.07, 6.45) is 5.43. The van der Waals surface area contributed by atoms with Crippen molar-refractivity contribution in [3.05, 3.63) is 0 Å². The van der Waals surface area contributed by atoms with Gasteiger partial charge in [-0.3, -0.25) is 4.79 Å². The molecule has 2 amide bonds. The first-order chi connectivity index (χ1) is 9.93. The normalized spacial score (nSPS) is 17.3. The van der Waals surface area contributed by atoms with Crippen molar-refractivity contribution >= 4 is 12.0 Å². The van der Waals surface area contributed by atoms with Gasteiger partial charge in [-0.1, -0.05) is 19.3 Å². The van der Waals surface area contributed by atoms with Crippen molar-refractivity contribution < 1.29 is 19.4 Å². The van der Waals surface area contributed by atoms with Gasteiger partial charge in [0.2, 0.25) is 0 Å². The lowest BCUT2D eigenvalue weighted by atomic mass is 9.78. The van der Waals surface area contributed by atoms with Crippen LogP contribution in [-0.2, 0) is 9.53 Å². The van der Waals surface area contributed by atoms with Crippen LogP contribution < -0.4 is 0 Å². The number of amides is 2. The summed E-state index contributed by atoms with van der Waals surface area (Å²) in [5, 5.41) is 9.21. The number of ether oxygens (including phenoxy) is 1. The summed E-state index contributed by atoms with van der Waals surface area (Å²) in [5.74, 6) is -0.835. The highest BCUT2D eigenvalue weighted by Gasteiger charge is 2.41. The molecule has 1 fully saturated rings. The lowest BCUT2D eigenvalue weighted by Crippen LogP contribution is -2.55. The van der Waals surface area contributed by atoms with Crippen LogP contribution in [0.1, 0.15) is 44.9 Å². The average Bonchev–Trinajstić information content (AvgIpc) is 2.46. The summed E-state index contributed by atoms with van der Waals surface area (Å²) in [6, 6.07) is -0.103. The van der Waals surface area contributed by atoms with E-state index in [1.54, 1.807) is 31.0 Å². The zero-order valence-corrected chi connectivity index (χ0v) is 13.4. The Kier molecular flexibility index (Phi) is 6.95. The molecule has 21 heavy (non-hydrogen) atoms. The van der Waals surface area contributed by atoms with Crippen LogP contribution in [0.4, 0.5) is 4.79 Å². The maximum absolute atomic E-state index is 12.5. The Balaban J connectivity index is 2.72. The molecule has 0 aromatic carbocycles. The molecule has 0 heterocycles. The molecule has 0 spiro atoms. The van der Waals surface area contributed by atoms with Gasteiger partial charge in [-0.05, 0) is 19.3 Å². The Morgan fingerprint density at radius 2 is 1.81 bits per heavy atom. The molecule has 0 aromatic heterocycles. The maximum atomic E-state index is 12.5. The number of carbonyl (C=O) groups is 2. The van der Waals surface area contributed by atoms with E-state index in [0.717, 1.165) is 38.5 Å². The number of carboxylic acid groups (broad SMARTS) is 1. The monoisotopic (exact) mass is 300 g/mol. The predicted octanol–water partition coefficient (Wildman–Crippen LogP) is 2.18. The molecule has 6 nitrogen and oxygen atoms in total. The maximum Gasteiger partial charge on any atom is 0.319 e. The highest BCUT2D eigenvalue weighted by atomic mass is 16.5. The highest BCUT2D eigenvalue weighted by Crippen LogP contribution is 2.36. The van der Waals surface area contributed by atoms with Crippen molar-refractivity contribution in [1.82, 2.24) is 9.80 Å². The third kappa shape index (κ3) is 4.88. The molecule has 6 heteroatoms. The number of hydrogen-bond acceptors (Lipinski definition) is 3. The van der Waals surface area contributed by atoms with Crippen molar-refractivity contribution in [3.63, 3.8) is 0 Å². The topological polar surface area (TPSA) is 70.1 Å². The average molecular weight is 300 g/mol. The van der Waals surface area contributed by atoms with E-state index in [-0.39, 0.29) is 12.5 Å². The van der Waals surface area contributed by atoms with E-state index in [1.807, 2.05) is 0 Å². The van der Waals surface area contributed by atoms with Crippen molar-refractivity contribution in [2.75, 3.05) is 34.4 Å². The molecule has 1 rings (SSSR count). The highest BCUT2D eigenvalue weighted by molar-refractivity contribution is 5.76. The third-order valence-electron chi connectivity index (χ3n) is 4.43. The Labute approximate surface area is 127 Å². The molecule has 0 saturated heterocycles. The van der Waals surface area contributed by atoms with Crippen LogP contribution in [0, 0.1) is 0 Å². The standard InChI is InChI=1S/C15H28N2O4/c1-16(10-7-11-21-3)14(20)17(2)15(12-13(18)19)8-5-4-6-9-15/h4-12H2,1-3H3,(H,18,19).